The third-order valence-corrected chi connectivity index (χ3v) is 6.11. The van der Waals surface area contributed by atoms with E-state index >= 15 is 0 Å². The van der Waals surface area contributed by atoms with Crippen LogP contribution in [0.15, 0.2) is 29.4 Å². The van der Waals surface area contributed by atoms with E-state index in [0.717, 1.165) is 67.1 Å². The van der Waals surface area contributed by atoms with Gasteiger partial charge in [-0.3, -0.25) is 4.99 Å². The summed E-state index contributed by atoms with van der Waals surface area (Å²) in [5, 5.41) is 8.98. The number of methoxy groups -OCH3 is 2. The Balaban J connectivity index is 1.44. The quantitative estimate of drug-likeness (QED) is 0.261. The lowest BCUT2D eigenvalue weighted by Gasteiger charge is -2.11. The van der Waals surface area contributed by atoms with Crippen molar-refractivity contribution in [2.75, 3.05) is 34.4 Å². The van der Waals surface area contributed by atoms with Crippen LogP contribution in [0.3, 0.4) is 0 Å². The van der Waals surface area contributed by atoms with E-state index in [1.54, 1.807) is 32.6 Å². The first-order valence-electron chi connectivity index (χ1n) is 10.3. The number of nitrogens with one attached hydrogen (secondary N) is 3. The van der Waals surface area contributed by atoms with Gasteiger partial charge in [0.25, 0.3) is 0 Å². The third kappa shape index (κ3) is 5.66. The zero-order valence-electron chi connectivity index (χ0n) is 18.2. The lowest BCUT2D eigenvalue weighted by molar-refractivity contribution is 0.398. The van der Waals surface area contributed by atoms with Crippen molar-refractivity contribution in [2.24, 2.45) is 4.99 Å². The van der Waals surface area contributed by atoms with Gasteiger partial charge in [0, 0.05) is 60.8 Å². The SMILES string of the molecule is CCc1cnc(CCNC(=NC)NCCCc2cc3c(OC)cc(OC)cc3[nH]2)s1. The van der Waals surface area contributed by atoms with Gasteiger partial charge in [0.15, 0.2) is 5.96 Å². The van der Waals surface area contributed by atoms with Crippen LogP contribution in [0.5, 0.6) is 11.5 Å². The Labute approximate surface area is 181 Å². The van der Waals surface area contributed by atoms with Crippen molar-refractivity contribution in [1.29, 1.82) is 0 Å². The van der Waals surface area contributed by atoms with Crippen molar-refractivity contribution in [1.82, 2.24) is 20.6 Å². The Kier molecular flexibility index (Phi) is 7.96. The van der Waals surface area contributed by atoms with Crippen LogP contribution in [0.4, 0.5) is 0 Å². The van der Waals surface area contributed by atoms with E-state index in [4.69, 9.17) is 9.47 Å². The van der Waals surface area contributed by atoms with Gasteiger partial charge < -0.3 is 25.1 Å². The molecular weight excluding hydrogens is 398 g/mol. The fourth-order valence-electron chi connectivity index (χ4n) is 3.28. The number of hydrogen-bond donors (Lipinski definition) is 3. The van der Waals surface area contributed by atoms with E-state index < -0.39 is 0 Å². The smallest absolute Gasteiger partial charge is 0.190 e. The van der Waals surface area contributed by atoms with Crippen LogP contribution in [0.1, 0.15) is 28.9 Å². The summed E-state index contributed by atoms with van der Waals surface area (Å²) in [7, 11) is 5.14. The topological polar surface area (TPSA) is 83.6 Å². The van der Waals surface area contributed by atoms with Crippen molar-refractivity contribution < 1.29 is 9.47 Å². The van der Waals surface area contributed by atoms with Gasteiger partial charge in [-0.15, -0.1) is 11.3 Å². The largest absolute Gasteiger partial charge is 0.497 e. The lowest BCUT2D eigenvalue weighted by atomic mass is 10.2. The van der Waals surface area contributed by atoms with Crippen molar-refractivity contribution in [3.8, 4) is 11.5 Å². The number of benzene rings is 1. The van der Waals surface area contributed by atoms with Gasteiger partial charge in [0.1, 0.15) is 11.5 Å². The molecular formula is C22H31N5O2S. The molecule has 0 atom stereocenters. The summed E-state index contributed by atoms with van der Waals surface area (Å²) in [4.78, 5) is 13.6. The van der Waals surface area contributed by atoms with Gasteiger partial charge in [-0.2, -0.15) is 0 Å². The van der Waals surface area contributed by atoms with Crippen LogP contribution in [0, 0.1) is 0 Å². The standard InChI is InChI=1S/C22H31N5O2S/c1-5-17-14-26-21(30-17)8-10-25-22(23-2)24-9-6-7-15-11-18-19(27-15)12-16(28-3)13-20(18)29-4/h11-14,27H,5-10H2,1-4H3,(H2,23,24,25). The molecule has 0 aliphatic rings. The molecule has 7 nitrogen and oxygen atoms in total. The predicted molar refractivity (Wildman–Crippen MR) is 124 cm³/mol. The fourth-order valence-corrected chi connectivity index (χ4v) is 4.14. The molecule has 0 saturated heterocycles. The number of aryl methyl sites for hydroxylation is 2. The van der Waals surface area contributed by atoms with Crippen LogP contribution in [0.2, 0.25) is 0 Å². The number of guanidine groups is 1. The molecule has 0 aliphatic carbocycles. The van der Waals surface area contributed by atoms with E-state index in [1.807, 2.05) is 18.3 Å². The Morgan fingerprint density at radius 2 is 1.97 bits per heavy atom. The highest BCUT2D eigenvalue weighted by molar-refractivity contribution is 7.11. The maximum absolute atomic E-state index is 5.49. The minimum absolute atomic E-state index is 0.785. The molecule has 162 valence electrons. The van der Waals surface area contributed by atoms with E-state index in [9.17, 15) is 0 Å². The fraction of sp³-hybridized carbons (Fsp3) is 0.455. The maximum Gasteiger partial charge on any atom is 0.190 e. The van der Waals surface area contributed by atoms with Crippen LogP contribution in [0.25, 0.3) is 10.9 Å². The van der Waals surface area contributed by atoms with Crippen molar-refractivity contribution in [3.63, 3.8) is 0 Å². The summed E-state index contributed by atoms with van der Waals surface area (Å²) < 4.78 is 10.8. The highest BCUT2D eigenvalue weighted by atomic mass is 32.1. The normalized spacial score (nSPS) is 11.7. The van der Waals surface area contributed by atoms with Gasteiger partial charge in [0.2, 0.25) is 0 Å². The highest BCUT2D eigenvalue weighted by Crippen LogP contribution is 2.31. The second-order valence-corrected chi connectivity index (χ2v) is 8.14. The minimum Gasteiger partial charge on any atom is -0.497 e. The number of aromatic amines is 1. The number of H-pyrrole nitrogens is 1. The van der Waals surface area contributed by atoms with E-state index in [0.29, 0.717) is 0 Å². The zero-order chi connectivity index (χ0) is 21.3. The van der Waals surface area contributed by atoms with Crippen LogP contribution < -0.4 is 20.1 Å². The molecule has 0 aliphatic heterocycles. The average Bonchev–Trinajstić information content (AvgIpc) is 3.40. The zero-order valence-corrected chi connectivity index (χ0v) is 19.0. The molecule has 0 amide bonds. The highest BCUT2D eigenvalue weighted by Gasteiger charge is 2.09. The first-order valence-corrected chi connectivity index (χ1v) is 11.1. The number of rotatable bonds is 10. The number of aromatic nitrogens is 2. The number of thiazole rings is 1. The molecule has 2 heterocycles. The summed E-state index contributed by atoms with van der Waals surface area (Å²) in [5.41, 5.74) is 2.21. The van der Waals surface area contributed by atoms with Crippen LogP contribution >= 0.6 is 11.3 Å². The summed E-state index contributed by atoms with van der Waals surface area (Å²) in [5.74, 6) is 2.43. The van der Waals surface area contributed by atoms with E-state index in [-0.39, 0.29) is 0 Å². The van der Waals surface area contributed by atoms with Crippen molar-refractivity contribution in [3.05, 3.63) is 40.0 Å². The Bertz CT molecular complexity index is 979. The Morgan fingerprint density at radius 3 is 2.67 bits per heavy atom. The number of hydrogen-bond acceptors (Lipinski definition) is 5. The molecule has 30 heavy (non-hydrogen) atoms. The monoisotopic (exact) mass is 429 g/mol. The average molecular weight is 430 g/mol. The lowest BCUT2D eigenvalue weighted by Crippen LogP contribution is -2.38. The maximum atomic E-state index is 5.49. The second-order valence-electron chi connectivity index (χ2n) is 6.94. The predicted octanol–water partition coefficient (Wildman–Crippen LogP) is 3.54. The number of aliphatic imine (C=N–C) groups is 1. The number of nitrogens with zero attached hydrogens (tertiary/aromatic N) is 2. The van der Waals surface area contributed by atoms with Crippen LogP contribution in [-0.4, -0.2) is 50.3 Å². The summed E-state index contributed by atoms with van der Waals surface area (Å²) in [6, 6.07) is 6.06. The molecule has 0 bridgehead atoms. The molecule has 0 saturated carbocycles. The van der Waals surface area contributed by atoms with Crippen molar-refractivity contribution >= 4 is 28.2 Å². The molecule has 0 fully saturated rings. The van der Waals surface area contributed by atoms with Gasteiger partial charge in [-0.1, -0.05) is 6.92 Å². The molecule has 1 aromatic carbocycles. The molecule has 3 aromatic rings. The van der Waals surface area contributed by atoms with E-state index in [1.165, 1.54) is 15.6 Å². The molecule has 0 unspecified atom stereocenters. The first kappa shape index (κ1) is 22.0. The third-order valence-electron chi connectivity index (χ3n) is 4.91. The Hall–Kier alpha value is -2.74. The number of fused-ring (bicyclic) bond motifs is 1. The molecule has 3 N–H and O–H groups in total. The van der Waals surface area contributed by atoms with E-state index in [2.05, 4.69) is 38.6 Å². The minimum atomic E-state index is 0.785. The molecule has 8 heteroatoms. The summed E-state index contributed by atoms with van der Waals surface area (Å²) in [6.45, 7) is 3.82. The Morgan fingerprint density at radius 1 is 1.13 bits per heavy atom. The molecule has 2 aromatic heterocycles. The second kappa shape index (κ2) is 10.9. The molecule has 0 radical (unpaired) electrons. The molecule has 3 rings (SSSR count). The van der Waals surface area contributed by atoms with Crippen molar-refractivity contribution in [2.45, 2.75) is 32.6 Å². The first-order chi connectivity index (χ1) is 14.7. The van der Waals surface area contributed by atoms with Gasteiger partial charge in [-0.25, -0.2) is 4.98 Å². The van der Waals surface area contributed by atoms with Gasteiger partial charge >= 0.3 is 0 Å². The molecule has 0 spiro atoms. The number of ether oxygens (including phenoxy) is 2. The van der Waals surface area contributed by atoms with Crippen LogP contribution in [-0.2, 0) is 19.3 Å². The van der Waals surface area contributed by atoms with Gasteiger partial charge in [0.05, 0.1) is 24.7 Å². The summed E-state index contributed by atoms with van der Waals surface area (Å²) >= 11 is 1.79. The van der Waals surface area contributed by atoms with Gasteiger partial charge in [-0.05, 0) is 25.3 Å². The summed E-state index contributed by atoms with van der Waals surface area (Å²) in [6.07, 6.45) is 5.85.